The lowest BCUT2D eigenvalue weighted by Crippen LogP contribution is -2.42. The summed E-state index contributed by atoms with van der Waals surface area (Å²) in [6.45, 7) is 11.5. The number of rotatable bonds is 19. The topological polar surface area (TPSA) is 195 Å². The molecule has 1 fully saturated rings. The van der Waals surface area contributed by atoms with E-state index >= 15 is 0 Å². The van der Waals surface area contributed by atoms with Crippen LogP contribution in [0.4, 0.5) is 5.95 Å². The van der Waals surface area contributed by atoms with Gasteiger partial charge in [-0.2, -0.15) is 10.2 Å². The first-order valence-electron chi connectivity index (χ1n) is 20.2. The fraction of sp³-hybridized carbons (Fsp3) is 0.432. The molecule has 1 aliphatic heterocycles. The summed E-state index contributed by atoms with van der Waals surface area (Å²) in [7, 11) is 1.33. The number of nitriles is 1. The van der Waals surface area contributed by atoms with Gasteiger partial charge in [0.15, 0.2) is 17.4 Å². The van der Waals surface area contributed by atoms with Crippen molar-refractivity contribution in [3.63, 3.8) is 0 Å². The summed E-state index contributed by atoms with van der Waals surface area (Å²) >= 11 is 0. The van der Waals surface area contributed by atoms with Crippen LogP contribution in [-0.2, 0) is 28.9 Å². The summed E-state index contributed by atoms with van der Waals surface area (Å²) in [6, 6.07) is 27.1. The van der Waals surface area contributed by atoms with Crippen LogP contribution in [0.3, 0.4) is 0 Å². The summed E-state index contributed by atoms with van der Waals surface area (Å²) in [5, 5.41) is 24.4. The van der Waals surface area contributed by atoms with Crippen LogP contribution in [0.1, 0.15) is 70.9 Å². The first-order chi connectivity index (χ1) is 29.3. The van der Waals surface area contributed by atoms with E-state index in [1.807, 2.05) is 107 Å². The molecule has 1 saturated heterocycles. The number of fused-ring (bicyclic) bond motifs is 1. The van der Waals surface area contributed by atoms with Crippen LogP contribution >= 0.6 is 8.53 Å². The minimum atomic E-state index is -1.88. The highest BCUT2D eigenvalue weighted by Gasteiger charge is 2.50. The normalized spacial score (nSPS) is 18.6. The van der Waals surface area contributed by atoms with E-state index in [0.717, 1.165) is 16.7 Å². The van der Waals surface area contributed by atoms with Crippen molar-refractivity contribution in [3.8, 4) is 17.6 Å². The first-order valence-corrected chi connectivity index (χ1v) is 21.3. The predicted octanol–water partition coefficient (Wildman–Crippen LogP) is 6.66. The molecule has 0 saturated carbocycles. The number of carbonyl (C=O) groups is 1. The summed E-state index contributed by atoms with van der Waals surface area (Å²) in [5.74, 6) is 0.510. The van der Waals surface area contributed by atoms with E-state index < -0.39 is 44.2 Å². The molecule has 3 N–H and O–H groups in total. The number of H-pyrrole nitrogens is 1. The zero-order valence-electron chi connectivity index (χ0n) is 35.6. The third-order valence-electron chi connectivity index (χ3n) is 10.3. The quantitative estimate of drug-likeness (QED) is 0.0454. The van der Waals surface area contributed by atoms with Crippen LogP contribution in [0.5, 0.6) is 11.5 Å². The zero-order chi connectivity index (χ0) is 43.8. The molecule has 17 heteroatoms. The number of benzene rings is 3. The van der Waals surface area contributed by atoms with Crippen LogP contribution in [0.25, 0.3) is 11.2 Å². The summed E-state index contributed by atoms with van der Waals surface area (Å²) in [4.78, 5) is 37.3. The third-order valence-corrected chi connectivity index (χ3v) is 12.4. The van der Waals surface area contributed by atoms with Gasteiger partial charge < -0.3 is 33.1 Å². The Kier molecular flexibility index (Phi) is 14.9. The second-order valence-corrected chi connectivity index (χ2v) is 16.8. The Morgan fingerprint density at radius 3 is 2.10 bits per heavy atom. The Hall–Kier alpha value is -5.24. The van der Waals surface area contributed by atoms with Gasteiger partial charge in [0.2, 0.25) is 11.9 Å². The molecule has 0 spiro atoms. The van der Waals surface area contributed by atoms with E-state index in [0.29, 0.717) is 11.5 Å². The van der Waals surface area contributed by atoms with Gasteiger partial charge in [-0.05, 0) is 68.7 Å². The molecule has 5 atom stereocenters. The van der Waals surface area contributed by atoms with Gasteiger partial charge in [0, 0.05) is 18.0 Å². The number of amides is 1. The molecule has 61 heavy (non-hydrogen) atoms. The number of nitrogens with zero attached hydrogens (tertiary/aromatic N) is 5. The van der Waals surface area contributed by atoms with Gasteiger partial charge in [0.25, 0.3) is 14.1 Å². The minimum absolute atomic E-state index is 0.0227. The second-order valence-electron chi connectivity index (χ2n) is 15.4. The maximum Gasteiger partial charge on any atom is 0.280 e. The van der Waals surface area contributed by atoms with Gasteiger partial charge in [-0.25, -0.2) is 9.65 Å². The number of aliphatic hydroxyl groups is 1. The fourth-order valence-electron chi connectivity index (χ4n) is 7.33. The van der Waals surface area contributed by atoms with Crippen LogP contribution in [-0.4, -0.2) is 93.0 Å². The first kappa shape index (κ1) is 45.3. The summed E-state index contributed by atoms with van der Waals surface area (Å²) in [6.07, 6.45) is -3.14. The maximum absolute atomic E-state index is 13.2. The van der Waals surface area contributed by atoms with Crippen molar-refractivity contribution in [2.24, 2.45) is 5.92 Å². The van der Waals surface area contributed by atoms with E-state index in [2.05, 4.69) is 31.0 Å². The fourth-order valence-corrected chi connectivity index (χ4v) is 9.10. The lowest BCUT2D eigenvalue weighted by Gasteiger charge is -2.39. The van der Waals surface area contributed by atoms with Crippen molar-refractivity contribution in [1.29, 1.82) is 5.26 Å². The molecule has 3 heterocycles. The van der Waals surface area contributed by atoms with Gasteiger partial charge in [0.05, 0.1) is 46.3 Å². The number of anilines is 1. The van der Waals surface area contributed by atoms with E-state index in [4.69, 9.17) is 28.0 Å². The molecule has 6 rings (SSSR count). The number of ether oxygens (including phenoxy) is 4. The standard InChI is InChI=1S/C44H54N7O9P/c1-27(2)40(53)48-43-47-39-36(41(54)49-43)46-26-50(39)42-37(52)38(60-61(58-24-12-23-45)51(28(3)4)29(5)6)35(59-42)25-57-44(30-13-10-9-11-14-30,31-15-19-33(55-7)20-16-31)32-17-21-34(56-8)22-18-32/h9-11,13-22,26-29,35,37-38,42,52H,12,24-25H2,1-8H3,(H2,47,48,49,53,54)/t35-,37-,38-,42-,61?/m1/s1. The molecule has 16 nitrogen and oxygen atoms in total. The summed E-state index contributed by atoms with van der Waals surface area (Å²) in [5.41, 5.74) is 0.591. The Morgan fingerprint density at radius 2 is 1.56 bits per heavy atom. The summed E-state index contributed by atoms with van der Waals surface area (Å²) < 4.78 is 41.8. The van der Waals surface area contributed by atoms with Crippen LogP contribution in [0.15, 0.2) is 90.0 Å². The molecule has 324 valence electrons. The number of aromatic amines is 1. The van der Waals surface area contributed by atoms with E-state index in [1.54, 1.807) is 28.1 Å². The number of imidazole rings is 1. The zero-order valence-corrected chi connectivity index (χ0v) is 36.5. The van der Waals surface area contributed by atoms with Gasteiger partial charge in [-0.1, -0.05) is 68.4 Å². The Labute approximate surface area is 356 Å². The Bertz CT molecular complexity index is 2260. The van der Waals surface area contributed by atoms with Gasteiger partial charge in [0.1, 0.15) is 35.4 Å². The Balaban J connectivity index is 1.48. The number of methoxy groups -OCH3 is 2. The second kappa shape index (κ2) is 20.1. The van der Waals surface area contributed by atoms with Gasteiger partial charge in [-0.3, -0.25) is 24.5 Å². The van der Waals surface area contributed by atoms with Crippen molar-refractivity contribution >= 4 is 31.5 Å². The molecular formula is C44H54N7O9P. The Morgan fingerprint density at radius 1 is 0.967 bits per heavy atom. The molecule has 0 radical (unpaired) electrons. The predicted molar refractivity (Wildman–Crippen MR) is 230 cm³/mol. The smallest absolute Gasteiger partial charge is 0.280 e. The molecule has 0 bridgehead atoms. The number of hydrogen-bond donors (Lipinski definition) is 3. The van der Waals surface area contributed by atoms with Crippen molar-refractivity contribution in [3.05, 3.63) is 112 Å². The van der Waals surface area contributed by atoms with Crippen LogP contribution in [0.2, 0.25) is 0 Å². The molecular weight excluding hydrogens is 801 g/mol. The lowest BCUT2D eigenvalue weighted by atomic mass is 9.80. The molecule has 1 amide bonds. The van der Waals surface area contributed by atoms with Gasteiger partial charge >= 0.3 is 0 Å². The number of aliphatic hydroxyl groups excluding tert-OH is 1. The minimum Gasteiger partial charge on any atom is -0.497 e. The van der Waals surface area contributed by atoms with Gasteiger partial charge in [-0.15, -0.1) is 0 Å². The average Bonchev–Trinajstić information content (AvgIpc) is 3.81. The number of carbonyl (C=O) groups excluding carboxylic acids is 1. The number of aromatic nitrogens is 4. The van der Waals surface area contributed by atoms with Crippen molar-refractivity contribution in [2.45, 2.75) is 90.2 Å². The molecule has 1 aliphatic rings. The molecule has 5 aromatic rings. The highest BCUT2D eigenvalue weighted by molar-refractivity contribution is 7.44. The third kappa shape index (κ3) is 9.79. The SMILES string of the molecule is COc1ccc(C(OC[C@H]2O[C@@H](n3cnc4c(=O)[nH]c(NC(=O)C(C)C)nc43)[C@H](O)[C@@H]2OP(OCCC#N)N(C(C)C)C(C)C)(c2ccccc2)c2ccc(OC)cc2)cc1. The molecule has 3 aromatic carbocycles. The number of hydrogen-bond acceptors (Lipinski definition) is 13. The largest absolute Gasteiger partial charge is 0.497 e. The highest BCUT2D eigenvalue weighted by Crippen LogP contribution is 2.51. The van der Waals surface area contributed by atoms with Crippen LogP contribution in [0, 0.1) is 17.2 Å². The van der Waals surface area contributed by atoms with Crippen molar-refractivity contribution in [2.75, 3.05) is 32.8 Å². The van der Waals surface area contributed by atoms with E-state index in [9.17, 15) is 20.0 Å². The van der Waals surface area contributed by atoms with E-state index in [1.165, 1.54) is 10.9 Å². The number of nitrogens with one attached hydrogen (secondary N) is 2. The maximum atomic E-state index is 13.2. The molecule has 0 aliphatic carbocycles. The van der Waals surface area contributed by atoms with Crippen molar-refractivity contribution in [1.82, 2.24) is 24.2 Å². The monoisotopic (exact) mass is 855 g/mol. The molecule has 1 unspecified atom stereocenters. The van der Waals surface area contributed by atoms with E-state index in [-0.39, 0.29) is 60.7 Å². The van der Waals surface area contributed by atoms with Crippen molar-refractivity contribution < 1.29 is 37.9 Å². The van der Waals surface area contributed by atoms with Crippen LogP contribution < -0.4 is 20.3 Å². The average molecular weight is 856 g/mol. The lowest BCUT2D eigenvalue weighted by molar-refractivity contribution is -0.118. The highest BCUT2D eigenvalue weighted by atomic mass is 31.2. The molecule has 2 aromatic heterocycles.